The van der Waals surface area contributed by atoms with Crippen LogP contribution in [0.15, 0.2) is 41.3 Å². The van der Waals surface area contributed by atoms with Crippen LogP contribution in [0.3, 0.4) is 0 Å². The Balaban J connectivity index is 1.91. The van der Waals surface area contributed by atoms with E-state index in [1.54, 1.807) is 19.1 Å². The minimum Gasteiger partial charge on any atom is -0.507 e. The van der Waals surface area contributed by atoms with Gasteiger partial charge in [-0.1, -0.05) is 6.07 Å². The number of ether oxygens (including phenoxy) is 2. The number of aromatic hydroxyl groups is 1. The van der Waals surface area contributed by atoms with Gasteiger partial charge in [-0.05, 0) is 42.8 Å². The Labute approximate surface area is 163 Å². The molecule has 8 nitrogen and oxygen atoms in total. The van der Waals surface area contributed by atoms with Crippen LogP contribution in [-0.2, 0) is 14.8 Å². The maximum atomic E-state index is 13.0. The number of phenolic OH excluding ortho intramolecular Hbond substituents is 1. The lowest BCUT2D eigenvalue weighted by molar-refractivity contribution is 0.0729. The molecule has 0 spiro atoms. The molecule has 2 aromatic carbocycles. The van der Waals surface area contributed by atoms with E-state index < -0.39 is 15.9 Å². The average Bonchev–Trinajstić information content (AvgIpc) is 2.68. The van der Waals surface area contributed by atoms with Crippen LogP contribution >= 0.6 is 0 Å². The number of rotatable bonds is 5. The van der Waals surface area contributed by atoms with Crippen LogP contribution in [-0.4, -0.2) is 57.1 Å². The summed E-state index contributed by atoms with van der Waals surface area (Å²) in [7, 11) is -2.43. The van der Waals surface area contributed by atoms with Crippen molar-refractivity contribution in [2.75, 3.05) is 38.7 Å². The van der Waals surface area contributed by atoms with Gasteiger partial charge < -0.3 is 19.9 Å². The van der Waals surface area contributed by atoms with Gasteiger partial charge >= 0.3 is 0 Å². The molecule has 2 aromatic rings. The highest BCUT2D eigenvalue weighted by Crippen LogP contribution is 2.30. The van der Waals surface area contributed by atoms with Crippen LogP contribution in [0.1, 0.15) is 15.9 Å². The molecule has 0 radical (unpaired) electrons. The molecule has 28 heavy (non-hydrogen) atoms. The number of carbonyl (C=O) groups excluding carboxylic acids is 1. The smallest absolute Gasteiger partial charge is 0.259 e. The number of morpholine rings is 1. The summed E-state index contributed by atoms with van der Waals surface area (Å²) in [6.07, 6.45) is 0. The summed E-state index contributed by atoms with van der Waals surface area (Å²) in [5.41, 5.74) is 1.19. The van der Waals surface area contributed by atoms with Crippen LogP contribution in [0.2, 0.25) is 0 Å². The highest BCUT2D eigenvalue weighted by atomic mass is 32.2. The molecule has 0 aromatic heterocycles. The molecule has 0 bridgehead atoms. The number of nitrogens with one attached hydrogen (secondary N) is 1. The summed E-state index contributed by atoms with van der Waals surface area (Å²) in [6.45, 7) is 2.95. The van der Waals surface area contributed by atoms with Gasteiger partial charge in [0, 0.05) is 18.8 Å². The Bertz CT molecular complexity index is 984. The molecule has 0 saturated carbocycles. The molecule has 0 aliphatic carbocycles. The predicted octanol–water partition coefficient (Wildman–Crippen LogP) is 1.98. The van der Waals surface area contributed by atoms with Gasteiger partial charge in [0.2, 0.25) is 10.0 Å². The number of hydrogen-bond acceptors (Lipinski definition) is 6. The van der Waals surface area contributed by atoms with Crippen LogP contribution in [0, 0.1) is 6.92 Å². The minimum absolute atomic E-state index is 0.0390. The Morgan fingerprint density at radius 2 is 1.89 bits per heavy atom. The highest BCUT2D eigenvalue weighted by molar-refractivity contribution is 7.89. The number of amides is 1. The van der Waals surface area contributed by atoms with E-state index in [1.807, 2.05) is 0 Å². The lowest BCUT2D eigenvalue weighted by Crippen LogP contribution is -2.40. The number of anilines is 1. The molecule has 1 amide bonds. The molecule has 9 heteroatoms. The minimum atomic E-state index is -3.81. The van der Waals surface area contributed by atoms with Gasteiger partial charge in [-0.15, -0.1) is 0 Å². The largest absolute Gasteiger partial charge is 0.507 e. The SMILES string of the molecule is COc1ccc(NC(=O)c2ccc(C)cc2O)cc1S(=O)(=O)N1CCOCC1. The van der Waals surface area contributed by atoms with E-state index in [2.05, 4.69) is 5.32 Å². The molecular formula is C19H22N2O6S. The van der Waals surface area contributed by atoms with Crippen molar-refractivity contribution in [2.45, 2.75) is 11.8 Å². The Kier molecular flexibility index (Phi) is 5.87. The molecule has 150 valence electrons. The van der Waals surface area contributed by atoms with Gasteiger partial charge in [-0.25, -0.2) is 8.42 Å². The fraction of sp³-hybridized carbons (Fsp3) is 0.316. The number of aryl methyl sites for hydroxylation is 1. The molecule has 1 aliphatic heterocycles. The topological polar surface area (TPSA) is 105 Å². The Hall–Kier alpha value is -2.62. The lowest BCUT2D eigenvalue weighted by Gasteiger charge is -2.26. The van der Waals surface area contributed by atoms with Crippen molar-refractivity contribution in [3.05, 3.63) is 47.5 Å². The van der Waals surface area contributed by atoms with Crippen LogP contribution in [0.25, 0.3) is 0 Å². The number of methoxy groups -OCH3 is 1. The van der Waals surface area contributed by atoms with Crippen molar-refractivity contribution in [1.29, 1.82) is 0 Å². The first-order valence-electron chi connectivity index (χ1n) is 8.70. The summed E-state index contributed by atoms with van der Waals surface area (Å²) in [5, 5.41) is 12.6. The second kappa shape index (κ2) is 8.17. The number of hydrogen-bond donors (Lipinski definition) is 2. The summed E-state index contributed by atoms with van der Waals surface area (Å²) in [6, 6.07) is 9.08. The van der Waals surface area contributed by atoms with E-state index in [1.165, 1.54) is 35.7 Å². The third-order valence-electron chi connectivity index (χ3n) is 4.41. The van der Waals surface area contributed by atoms with Crippen LogP contribution in [0.5, 0.6) is 11.5 Å². The van der Waals surface area contributed by atoms with Crippen molar-refractivity contribution in [2.24, 2.45) is 0 Å². The van der Waals surface area contributed by atoms with E-state index >= 15 is 0 Å². The third-order valence-corrected chi connectivity index (χ3v) is 6.33. The monoisotopic (exact) mass is 406 g/mol. The normalized spacial score (nSPS) is 15.2. The fourth-order valence-electron chi connectivity index (χ4n) is 2.91. The van der Waals surface area contributed by atoms with Gasteiger partial charge in [0.05, 0.1) is 25.9 Å². The molecule has 1 fully saturated rings. The van der Waals surface area contributed by atoms with Crippen molar-refractivity contribution < 1.29 is 27.8 Å². The summed E-state index contributed by atoms with van der Waals surface area (Å²) in [5.74, 6) is -0.507. The number of benzene rings is 2. The van der Waals surface area contributed by atoms with E-state index in [-0.39, 0.29) is 40.7 Å². The van der Waals surface area contributed by atoms with Crippen molar-refractivity contribution in [1.82, 2.24) is 4.31 Å². The molecule has 1 saturated heterocycles. The molecule has 2 N–H and O–H groups in total. The molecule has 0 atom stereocenters. The van der Waals surface area contributed by atoms with E-state index in [9.17, 15) is 18.3 Å². The van der Waals surface area contributed by atoms with Crippen molar-refractivity contribution >= 4 is 21.6 Å². The maximum absolute atomic E-state index is 13.0. The van der Waals surface area contributed by atoms with Crippen molar-refractivity contribution in [3.63, 3.8) is 0 Å². The zero-order valence-electron chi connectivity index (χ0n) is 15.6. The lowest BCUT2D eigenvalue weighted by atomic mass is 10.1. The summed E-state index contributed by atoms with van der Waals surface area (Å²) < 4.78 is 37.8. The van der Waals surface area contributed by atoms with E-state index in [0.717, 1.165) is 5.56 Å². The van der Waals surface area contributed by atoms with Crippen LogP contribution < -0.4 is 10.1 Å². The van der Waals surface area contributed by atoms with Gasteiger partial charge in [-0.3, -0.25) is 4.79 Å². The second-order valence-corrected chi connectivity index (χ2v) is 8.26. The Morgan fingerprint density at radius 3 is 2.54 bits per heavy atom. The van der Waals surface area contributed by atoms with E-state index in [4.69, 9.17) is 9.47 Å². The number of sulfonamides is 1. The van der Waals surface area contributed by atoms with Gasteiger partial charge in [-0.2, -0.15) is 4.31 Å². The fourth-order valence-corrected chi connectivity index (χ4v) is 4.50. The number of nitrogens with zero attached hydrogens (tertiary/aromatic N) is 1. The molecular weight excluding hydrogens is 384 g/mol. The third kappa shape index (κ3) is 4.11. The molecule has 0 unspecified atom stereocenters. The van der Waals surface area contributed by atoms with Crippen LogP contribution in [0.4, 0.5) is 5.69 Å². The zero-order chi connectivity index (χ0) is 20.3. The highest BCUT2D eigenvalue weighted by Gasteiger charge is 2.29. The maximum Gasteiger partial charge on any atom is 0.259 e. The quantitative estimate of drug-likeness (QED) is 0.787. The van der Waals surface area contributed by atoms with E-state index in [0.29, 0.717) is 13.2 Å². The first-order valence-corrected chi connectivity index (χ1v) is 10.1. The zero-order valence-corrected chi connectivity index (χ0v) is 16.5. The molecule has 1 heterocycles. The summed E-state index contributed by atoms with van der Waals surface area (Å²) in [4.78, 5) is 12.4. The summed E-state index contributed by atoms with van der Waals surface area (Å²) >= 11 is 0. The number of phenols is 1. The predicted molar refractivity (Wildman–Crippen MR) is 103 cm³/mol. The van der Waals surface area contributed by atoms with Gasteiger partial charge in [0.1, 0.15) is 16.4 Å². The first kappa shape index (κ1) is 20.1. The molecule has 3 rings (SSSR count). The first-order chi connectivity index (χ1) is 13.3. The van der Waals surface area contributed by atoms with Gasteiger partial charge in [0.25, 0.3) is 5.91 Å². The number of carbonyl (C=O) groups is 1. The second-order valence-electron chi connectivity index (χ2n) is 6.36. The Morgan fingerprint density at radius 1 is 1.18 bits per heavy atom. The molecule has 1 aliphatic rings. The van der Waals surface area contributed by atoms with Gasteiger partial charge in [0.15, 0.2) is 0 Å². The average molecular weight is 406 g/mol. The standard InChI is InChI=1S/C19H22N2O6S/c1-13-3-5-15(16(22)11-13)19(23)20-14-4-6-17(26-2)18(12-14)28(24,25)21-7-9-27-10-8-21/h3-6,11-12,22H,7-10H2,1-2H3,(H,20,23). The van der Waals surface area contributed by atoms with Crippen molar-refractivity contribution in [3.8, 4) is 11.5 Å².